The number of hydrogen-bond donors (Lipinski definition) is 0. The van der Waals surface area contributed by atoms with E-state index in [0.717, 1.165) is 70.2 Å². The third-order valence-corrected chi connectivity index (χ3v) is 8.49. The Balaban J connectivity index is 1.66. The van der Waals surface area contributed by atoms with Crippen molar-refractivity contribution in [1.29, 1.82) is 0 Å². The normalized spacial score (nSPS) is 21.4. The summed E-state index contributed by atoms with van der Waals surface area (Å²) < 4.78 is 12.9. The van der Waals surface area contributed by atoms with Crippen molar-refractivity contribution in [2.75, 3.05) is 19.2 Å². The smallest absolute Gasteiger partial charge is 0.267 e. The van der Waals surface area contributed by atoms with Crippen molar-refractivity contribution in [2.24, 2.45) is 5.92 Å². The van der Waals surface area contributed by atoms with Crippen LogP contribution in [0, 0.1) is 19.8 Å². The molecule has 0 amide bonds. The average Bonchev–Trinajstić information content (AvgIpc) is 3.12. The predicted molar refractivity (Wildman–Crippen MR) is 127 cm³/mol. The number of aromatic nitrogens is 2. The summed E-state index contributed by atoms with van der Waals surface area (Å²) in [4.78, 5) is 21.2. The van der Waals surface area contributed by atoms with Gasteiger partial charge in [0, 0.05) is 10.6 Å². The second kappa shape index (κ2) is 8.70. The van der Waals surface area contributed by atoms with Gasteiger partial charge in [0.2, 0.25) is 0 Å². The first kappa shape index (κ1) is 21.2. The first-order valence-electron chi connectivity index (χ1n) is 11.0. The Labute approximate surface area is 190 Å². The molecule has 1 saturated heterocycles. The standard InChI is InChI=1S/C24H28N2O3S2/c1-14-4-6-16(3)19(10-14)26-23(27)21-18-7-5-15(2)11-20(18)31-22(21)25-24(26)30-12-17-8-9-28-13-29-17/h4,6,10,15,17H,5,7-9,11-13H2,1-3H3/t15-,17+/m0/s1. The first-order chi connectivity index (χ1) is 15.0. The third kappa shape index (κ3) is 4.09. The van der Waals surface area contributed by atoms with Crippen LogP contribution >= 0.6 is 23.1 Å². The fraction of sp³-hybridized carbons (Fsp3) is 0.500. The van der Waals surface area contributed by atoms with Crippen molar-refractivity contribution in [3.63, 3.8) is 0 Å². The van der Waals surface area contributed by atoms with E-state index in [1.807, 2.05) is 4.57 Å². The molecule has 3 heterocycles. The molecule has 0 spiro atoms. The second-order valence-corrected chi connectivity index (χ2v) is 10.8. The van der Waals surface area contributed by atoms with E-state index in [2.05, 4.69) is 39.0 Å². The fourth-order valence-corrected chi connectivity index (χ4v) is 6.94. The molecule has 1 aliphatic carbocycles. The molecule has 2 aromatic heterocycles. The molecule has 1 fully saturated rings. The summed E-state index contributed by atoms with van der Waals surface area (Å²) in [5.74, 6) is 1.43. The van der Waals surface area contributed by atoms with E-state index in [1.54, 1.807) is 23.1 Å². The molecule has 3 aromatic rings. The maximum Gasteiger partial charge on any atom is 0.267 e. The highest BCUT2D eigenvalue weighted by Gasteiger charge is 2.26. The summed E-state index contributed by atoms with van der Waals surface area (Å²) in [5.41, 5.74) is 4.45. The number of nitrogens with zero attached hydrogens (tertiary/aromatic N) is 2. The zero-order valence-corrected chi connectivity index (χ0v) is 19.9. The Hall–Kier alpha value is -1.67. The molecular formula is C24H28N2O3S2. The number of thiophene rings is 1. The lowest BCUT2D eigenvalue weighted by molar-refractivity contribution is -0.130. The van der Waals surface area contributed by atoms with E-state index < -0.39 is 0 Å². The van der Waals surface area contributed by atoms with Crippen LogP contribution in [-0.4, -0.2) is 34.8 Å². The lowest BCUT2D eigenvalue weighted by atomic mass is 9.89. The molecule has 2 aliphatic rings. The summed E-state index contributed by atoms with van der Waals surface area (Å²) in [6.07, 6.45) is 4.16. The summed E-state index contributed by atoms with van der Waals surface area (Å²) in [5, 5.41) is 1.59. The predicted octanol–water partition coefficient (Wildman–Crippen LogP) is 5.04. The van der Waals surface area contributed by atoms with Crippen LogP contribution < -0.4 is 5.56 Å². The van der Waals surface area contributed by atoms with Gasteiger partial charge in [-0.25, -0.2) is 4.98 Å². The molecule has 0 bridgehead atoms. The van der Waals surface area contributed by atoms with Crippen LogP contribution in [0.2, 0.25) is 0 Å². The molecule has 164 valence electrons. The van der Waals surface area contributed by atoms with Crippen LogP contribution in [0.3, 0.4) is 0 Å². The Kier molecular flexibility index (Phi) is 5.94. The Bertz CT molecular complexity index is 1180. The number of aryl methyl sites for hydroxylation is 3. The lowest BCUT2D eigenvalue weighted by Gasteiger charge is -2.23. The lowest BCUT2D eigenvalue weighted by Crippen LogP contribution is -2.27. The van der Waals surface area contributed by atoms with Gasteiger partial charge in [-0.2, -0.15) is 0 Å². The summed E-state index contributed by atoms with van der Waals surface area (Å²) in [6, 6.07) is 6.27. The molecule has 7 heteroatoms. The molecule has 1 aromatic carbocycles. The minimum atomic E-state index is 0.0705. The van der Waals surface area contributed by atoms with Crippen molar-refractivity contribution in [3.05, 3.63) is 50.1 Å². The largest absolute Gasteiger partial charge is 0.355 e. The monoisotopic (exact) mass is 456 g/mol. The Morgan fingerprint density at radius 1 is 1.29 bits per heavy atom. The minimum absolute atomic E-state index is 0.0705. The third-order valence-electron chi connectivity index (χ3n) is 6.27. The van der Waals surface area contributed by atoms with Gasteiger partial charge in [-0.15, -0.1) is 11.3 Å². The maximum absolute atomic E-state index is 13.9. The molecule has 1 aliphatic heterocycles. The van der Waals surface area contributed by atoms with Gasteiger partial charge in [-0.05, 0) is 68.2 Å². The fourth-order valence-electron chi connectivity index (χ4n) is 4.44. The van der Waals surface area contributed by atoms with Gasteiger partial charge in [0.1, 0.15) is 11.6 Å². The molecule has 5 rings (SSSR count). The average molecular weight is 457 g/mol. The summed E-state index contributed by atoms with van der Waals surface area (Å²) in [7, 11) is 0. The van der Waals surface area contributed by atoms with Crippen LogP contribution in [0.5, 0.6) is 0 Å². The van der Waals surface area contributed by atoms with Crippen LogP contribution in [-0.2, 0) is 22.3 Å². The Morgan fingerprint density at radius 2 is 2.16 bits per heavy atom. The SMILES string of the molecule is Cc1ccc(C)c(-n2c(SC[C@H]3CCOCO3)nc3sc4c(c3c2=O)CC[C@H](C)C4)c1. The van der Waals surface area contributed by atoms with Crippen molar-refractivity contribution >= 4 is 33.3 Å². The minimum Gasteiger partial charge on any atom is -0.355 e. The zero-order valence-electron chi connectivity index (χ0n) is 18.3. The Morgan fingerprint density at radius 3 is 2.97 bits per heavy atom. The van der Waals surface area contributed by atoms with E-state index in [0.29, 0.717) is 12.7 Å². The van der Waals surface area contributed by atoms with Gasteiger partial charge in [0.15, 0.2) is 5.16 Å². The zero-order chi connectivity index (χ0) is 21.5. The number of hydrogen-bond acceptors (Lipinski definition) is 6. The number of fused-ring (bicyclic) bond motifs is 3. The van der Waals surface area contributed by atoms with Gasteiger partial charge >= 0.3 is 0 Å². The van der Waals surface area contributed by atoms with E-state index >= 15 is 0 Å². The number of ether oxygens (including phenoxy) is 2. The quantitative estimate of drug-likeness (QED) is 0.406. The van der Waals surface area contributed by atoms with Gasteiger partial charge in [0.05, 0.1) is 23.8 Å². The topological polar surface area (TPSA) is 53.4 Å². The van der Waals surface area contributed by atoms with Crippen molar-refractivity contribution in [3.8, 4) is 5.69 Å². The first-order valence-corrected chi connectivity index (χ1v) is 12.8. The molecule has 0 N–H and O–H groups in total. The molecule has 5 nitrogen and oxygen atoms in total. The van der Waals surface area contributed by atoms with E-state index in [-0.39, 0.29) is 11.7 Å². The number of benzene rings is 1. The molecule has 0 radical (unpaired) electrons. The summed E-state index contributed by atoms with van der Waals surface area (Å²) >= 11 is 3.33. The highest BCUT2D eigenvalue weighted by Crippen LogP contribution is 2.37. The maximum atomic E-state index is 13.9. The second-order valence-electron chi connectivity index (χ2n) is 8.77. The summed E-state index contributed by atoms with van der Waals surface area (Å²) in [6.45, 7) is 7.49. The van der Waals surface area contributed by atoms with Crippen molar-refractivity contribution in [2.45, 2.75) is 57.7 Å². The van der Waals surface area contributed by atoms with Crippen LogP contribution in [0.15, 0.2) is 28.2 Å². The van der Waals surface area contributed by atoms with Crippen molar-refractivity contribution < 1.29 is 9.47 Å². The van der Waals surface area contributed by atoms with Crippen LogP contribution in [0.4, 0.5) is 0 Å². The molecular weight excluding hydrogens is 428 g/mol. The number of rotatable bonds is 4. The van der Waals surface area contributed by atoms with E-state index in [1.165, 1.54) is 10.4 Å². The van der Waals surface area contributed by atoms with E-state index in [9.17, 15) is 4.79 Å². The van der Waals surface area contributed by atoms with Crippen LogP contribution in [0.25, 0.3) is 15.9 Å². The van der Waals surface area contributed by atoms with Crippen LogP contribution in [0.1, 0.15) is 41.3 Å². The van der Waals surface area contributed by atoms with Gasteiger partial charge < -0.3 is 9.47 Å². The molecule has 31 heavy (non-hydrogen) atoms. The van der Waals surface area contributed by atoms with Gasteiger partial charge in [-0.3, -0.25) is 9.36 Å². The van der Waals surface area contributed by atoms with Gasteiger partial charge in [0.25, 0.3) is 5.56 Å². The highest BCUT2D eigenvalue weighted by molar-refractivity contribution is 7.99. The van der Waals surface area contributed by atoms with Gasteiger partial charge in [-0.1, -0.05) is 30.8 Å². The number of thioether (sulfide) groups is 1. The molecule has 0 saturated carbocycles. The highest BCUT2D eigenvalue weighted by atomic mass is 32.2. The molecule has 0 unspecified atom stereocenters. The molecule has 2 atom stereocenters. The van der Waals surface area contributed by atoms with Crippen molar-refractivity contribution in [1.82, 2.24) is 9.55 Å². The van der Waals surface area contributed by atoms with E-state index in [4.69, 9.17) is 14.5 Å².